The van der Waals surface area contributed by atoms with E-state index < -0.39 is 0 Å². The summed E-state index contributed by atoms with van der Waals surface area (Å²) in [6.45, 7) is 0.959. The van der Waals surface area contributed by atoms with Gasteiger partial charge in [-0.3, -0.25) is 0 Å². The summed E-state index contributed by atoms with van der Waals surface area (Å²) >= 11 is 0. The molecule has 1 aromatic carbocycles. The summed E-state index contributed by atoms with van der Waals surface area (Å²) in [7, 11) is 1.95. The van der Waals surface area contributed by atoms with E-state index in [0.717, 1.165) is 41.2 Å². The van der Waals surface area contributed by atoms with Gasteiger partial charge in [0.1, 0.15) is 17.7 Å². The molecule has 0 spiro atoms. The fraction of sp³-hybridized carbons (Fsp3) is 0.294. The molecule has 104 valence electrons. The van der Waals surface area contributed by atoms with Crippen molar-refractivity contribution in [2.24, 2.45) is 0 Å². The van der Waals surface area contributed by atoms with Crippen molar-refractivity contribution in [3.8, 4) is 0 Å². The predicted octanol–water partition coefficient (Wildman–Crippen LogP) is 1.77. The minimum atomic E-state index is -0.215. The molecule has 1 N–H and O–H groups in total. The van der Waals surface area contributed by atoms with Crippen LogP contribution in [0.25, 0.3) is 11.3 Å². The van der Waals surface area contributed by atoms with Gasteiger partial charge in [0.25, 0.3) is 0 Å². The van der Waals surface area contributed by atoms with Gasteiger partial charge in [-0.05, 0) is 43.5 Å². The highest BCUT2D eigenvalue weighted by Gasteiger charge is 2.22. The minimum absolute atomic E-state index is 0.158. The molecule has 1 aliphatic carbocycles. The monoisotopic (exact) mass is 271 g/mol. The van der Waals surface area contributed by atoms with E-state index in [-0.39, 0.29) is 11.9 Å². The molecule has 0 fully saturated rings. The van der Waals surface area contributed by atoms with E-state index in [1.165, 1.54) is 6.08 Å². The number of hydrogen-bond donors (Lipinski definition) is 1. The Hall–Kier alpha value is -1.87. The first-order valence-electron chi connectivity index (χ1n) is 6.98. The van der Waals surface area contributed by atoms with Crippen LogP contribution >= 0.6 is 0 Å². The average molecular weight is 271 g/mol. The Labute approximate surface area is 118 Å². The molecule has 0 radical (unpaired) electrons. The van der Waals surface area contributed by atoms with E-state index in [4.69, 9.17) is 4.74 Å². The van der Waals surface area contributed by atoms with Crippen LogP contribution in [0.4, 0.5) is 4.39 Å². The topological polar surface area (TPSA) is 21.3 Å². The molecule has 2 aliphatic rings. The van der Waals surface area contributed by atoms with Crippen molar-refractivity contribution in [2.45, 2.75) is 18.9 Å². The molecule has 0 amide bonds. The largest absolute Gasteiger partial charge is 0.485 e. The summed E-state index contributed by atoms with van der Waals surface area (Å²) in [6.07, 6.45) is 6.60. The molecule has 0 saturated heterocycles. The Balaban J connectivity index is 2.11. The summed E-state index contributed by atoms with van der Waals surface area (Å²) in [5, 5.41) is 5.32. The Bertz CT molecular complexity index is 687. The number of benzene rings is 1. The van der Waals surface area contributed by atoms with Crippen molar-refractivity contribution in [3.05, 3.63) is 58.8 Å². The lowest BCUT2D eigenvalue weighted by Gasteiger charge is -2.25. The average Bonchev–Trinajstić information content (AvgIpc) is 2.48. The number of rotatable bonds is 4. The van der Waals surface area contributed by atoms with Gasteiger partial charge in [-0.25, -0.2) is 4.39 Å². The van der Waals surface area contributed by atoms with Gasteiger partial charge in [0, 0.05) is 17.2 Å². The Morgan fingerprint density at radius 3 is 2.85 bits per heavy atom. The first kappa shape index (κ1) is 13.1. The van der Waals surface area contributed by atoms with Crippen LogP contribution < -0.4 is 15.8 Å². The predicted molar refractivity (Wildman–Crippen MR) is 78.9 cm³/mol. The number of nitrogens with one attached hydrogen (secondary N) is 1. The number of ether oxygens (including phenoxy) is 1. The van der Waals surface area contributed by atoms with Crippen LogP contribution in [0.15, 0.2) is 48.3 Å². The third kappa shape index (κ3) is 2.41. The molecule has 1 aliphatic heterocycles. The highest BCUT2D eigenvalue weighted by Crippen LogP contribution is 2.25. The van der Waals surface area contributed by atoms with E-state index in [0.29, 0.717) is 0 Å². The normalized spacial score (nSPS) is 20.1. The van der Waals surface area contributed by atoms with Crippen LogP contribution in [-0.4, -0.2) is 19.7 Å². The maximum atomic E-state index is 13.5. The maximum absolute atomic E-state index is 13.5. The van der Waals surface area contributed by atoms with Crippen LogP contribution in [0.1, 0.15) is 12.8 Å². The van der Waals surface area contributed by atoms with Crippen molar-refractivity contribution >= 4 is 11.3 Å². The summed E-state index contributed by atoms with van der Waals surface area (Å²) < 4.78 is 19.5. The Kier molecular flexibility index (Phi) is 3.70. The van der Waals surface area contributed by atoms with E-state index >= 15 is 0 Å². The fourth-order valence-corrected chi connectivity index (χ4v) is 2.71. The first-order valence-corrected chi connectivity index (χ1v) is 6.98. The van der Waals surface area contributed by atoms with Crippen LogP contribution in [-0.2, 0) is 4.74 Å². The molecule has 1 aromatic rings. The lowest BCUT2D eigenvalue weighted by molar-refractivity contribution is 0.241. The van der Waals surface area contributed by atoms with Gasteiger partial charge in [-0.1, -0.05) is 24.3 Å². The lowest BCUT2D eigenvalue weighted by atomic mass is 9.96. The zero-order chi connectivity index (χ0) is 13.9. The Morgan fingerprint density at radius 1 is 1.25 bits per heavy atom. The SMILES string of the molecule is CNCCCC1=c2ccccc2=C2C=C(F)C=CC2O1. The second-order valence-corrected chi connectivity index (χ2v) is 5.06. The van der Waals surface area contributed by atoms with Gasteiger partial charge in [0.15, 0.2) is 0 Å². The van der Waals surface area contributed by atoms with Gasteiger partial charge in [-0.2, -0.15) is 0 Å². The number of hydrogen-bond acceptors (Lipinski definition) is 2. The molecule has 1 unspecified atom stereocenters. The summed E-state index contributed by atoms with van der Waals surface area (Å²) in [5.74, 6) is 0.790. The second-order valence-electron chi connectivity index (χ2n) is 5.06. The quantitative estimate of drug-likeness (QED) is 0.843. The van der Waals surface area contributed by atoms with Crippen LogP contribution in [0.3, 0.4) is 0 Å². The summed E-state index contributed by atoms with van der Waals surface area (Å²) in [4.78, 5) is 0. The van der Waals surface area contributed by atoms with Crippen molar-refractivity contribution in [1.29, 1.82) is 0 Å². The first-order chi connectivity index (χ1) is 9.79. The van der Waals surface area contributed by atoms with Crippen molar-refractivity contribution in [1.82, 2.24) is 5.32 Å². The molecule has 0 bridgehead atoms. The zero-order valence-electron chi connectivity index (χ0n) is 11.5. The molecule has 0 aromatic heterocycles. The maximum Gasteiger partial charge on any atom is 0.143 e. The third-order valence-electron chi connectivity index (χ3n) is 3.67. The van der Waals surface area contributed by atoms with E-state index in [2.05, 4.69) is 11.4 Å². The van der Waals surface area contributed by atoms with E-state index in [9.17, 15) is 4.39 Å². The molecule has 3 heteroatoms. The standard InChI is InChI=1S/C17H18FNO/c1-19-10-4-7-16-14-6-3-2-5-13(14)15-11-12(18)8-9-17(15)20-16/h2-3,5-6,8-9,11,17,19H,4,7,10H2,1H3. The van der Waals surface area contributed by atoms with Gasteiger partial charge < -0.3 is 10.1 Å². The molecule has 1 atom stereocenters. The molecule has 3 rings (SSSR count). The van der Waals surface area contributed by atoms with Gasteiger partial charge in [0.05, 0.1) is 0 Å². The molecular formula is C17H18FNO. The fourth-order valence-electron chi connectivity index (χ4n) is 2.71. The molecule has 2 nitrogen and oxygen atoms in total. The summed E-state index contributed by atoms with van der Waals surface area (Å²) in [6, 6.07) is 8.09. The minimum Gasteiger partial charge on any atom is -0.485 e. The second kappa shape index (κ2) is 5.63. The lowest BCUT2D eigenvalue weighted by Crippen LogP contribution is -2.38. The van der Waals surface area contributed by atoms with Crippen molar-refractivity contribution in [2.75, 3.05) is 13.6 Å². The van der Waals surface area contributed by atoms with Gasteiger partial charge in [-0.15, -0.1) is 0 Å². The highest BCUT2D eigenvalue weighted by atomic mass is 19.1. The molecule has 1 heterocycles. The number of allylic oxidation sites excluding steroid dienone is 2. The van der Waals surface area contributed by atoms with E-state index in [1.54, 1.807) is 12.2 Å². The number of halogens is 1. The summed E-state index contributed by atoms with van der Waals surface area (Å²) in [5.41, 5.74) is 0.915. The van der Waals surface area contributed by atoms with Crippen molar-refractivity contribution < 1.29 is 9.13 Å². The van der Waals surface area contributed by atoms with E-state index in [1.807, 2.05) is 25.2 Å². The zero-order valence-corrected chi connectivity index (χ0v) is 11.5. The van der Waals surface area contributed by atoms with Crippen LogP contribution in [0, 0.1) is 0 Å². The van der Waals surface area contributed by atoms with Gasteiger partial charge >= 0.3 is 0 Å². The smallest absolute Gasteiger partial charge is 0.143 e. The highest BCUT2D eigenvalue weighted by molar-refractivity contribution is 5.69. The molecule has 20 heavy (non-hydrogen) atoms. The molecular weight excluding hydrogens is 253 g/mol. The number of fused-ring (bicyclic) bond motifs is 2. The molecule has 0 saturated carbocycles. The van der Waals surface area contributed by atoms with Crippen LogP contribution in [0.5, 0.6) is 0 Å². The van der Waals surface area contributed by atoms with Gasteiger partial charge in [0.2, 0.25) is 0 Å². The van der Waals surface area contributed by atoms with Crippen molar-refractivity contribution in [3.63, 3.8) is 0 Å². The third-order valence-corrected chi connectivity index (χ3v) is 3.67. The Morgan fingerprint density at radius 2 is 2.05 bits per heavy atom. The van der Waals surface area contributed by atoms with Crippen LogP contribution in [0.2, 0.25) is 0 Å².